The summed E-state index contributed by atoms with van der Waals surface area (Å²) in [6, 6.07) is 25.9. The van der Waals surface area contributed by atoms with Gasteiger partial charge in [0.15, 0.2) is 11.5 Å². The topological polar surface area (TPSA) is 111 Å². The summed E-state index contributed by atoms with van der Waals surface area (Å²) >= 11 is 3.55. The average molecular weight is 653 g/mol. The second kappa shape index (κ2) is 11.0. The molecule has 0 radical (unpaired) electrons. The lowest BCUT2D eigenvalue weighted by Gasteiger charge is -2.45. The van der Waals surface area contributed by atoms with Gasteiger partial charge in [-0.05, 0) is 80.5 Å². The van der Waals surface area contributed by atoms with E-state index in [0.717, 1.165) is 32.8 Å². The minimum absolute atomic E-state index is 0.00419. The fourth-order valence-corrected chi connectivity index (χ4v) is 7.41. The Kier molecular flexibility index (Phi) is 7.01. The number of imide groups is 1. The van der Waals surface area contributed by atoms with Crippen molar-refractivity contribution in [1.82, 2.24) is 5.01 Å². The zero-order valence-corrected chi connectivity index (χ0v) is 25.1. The molecule has 0 N–H and O–H groups in total. The molecule has 10 heteroatoms. The highest BCUT2D eigenvalue weighted by molar-refractivity contribution is 9.10. The van der Waals surface area contributed by atoms with Crippen LogP contribution in [0, 0.1) is 22.0 Å². The molecule has 0 aromatic heterocycles. The van der Waals surface area contributed by atoms with Crippen LogP contribution in [-0.2, 0) is 16.2 Å². The number of hydrogen-bond acceptors (Lipinski definition) is 7. The first-order chi connectivity index (χ1) is 21.4. The molecular weight excluding hydrogens is 626 g/mol. The first-order valence-electron chi connectivity index (χ1n) is 14.3. The lowest BCUT2D eigenvalue weighted by molar-refractivity contribution is -0.384. The summed E-state index contributed by atoms with van der Waals surface area (Å²) in [5.74, 6) is -1.08. The van der Waals surface area contributed by atoms with Gasteiger partial charge in [-0.2, -0.15) is 10.1 Å². The predicted octanol–water partition coefficient (Wildman–Crippen LogP) is 6.56. The maximum absolute atomic E-state index is 13.8. The quantitative estimate of drug-likeness (QED) is 0.0923. The maximum atomic E-state index is 13.8. The minimum Gasteiger partial charge on any atom is -0.490 e. The summed E-state index contributed by atoms with van der Waals surface area (Å²) in [5.41, 5.74) is 5.80. The number of amides is 2. The van der Waals surface area contributed by atoms with Crippen LogP contribution in [0.4, 0.5) is 5.69 Å². The molecule has 2 bridgehead atoms. The third-order valence-electron chi connectivity index (χ3n) is 8.61. The smallest absolute Gasteiger partial charge is 0.269 e. The van der Waals surface area contributed by atoms with Crippen molar-refractivity contribution in [3.8, 4) is 11.5 Å². The Morgan fingerprint density at radius 3 is 1.91 bits per heavy atom. The van der Waals surface area contributed by atoms with E-state index in [1.165, 1.54) is 18.3 Å². The molecule has 0 spiro atoms. The van der Waals surface area contributed by atoms with Crippen LogP contribution in [0.5, 0.6) is 11.5 Å². The minimum atomic E-state index is -0.504. The molecule has 4 aliphatic rings. The Bertz CT molecular complexity index is 1740. The van der Waals surface area contributed by atoms with Crippen molar-refractivity contribution in [2.24, 2.45) is 16.9 Å². The molecular formula is C34H26BrN3O6. The Hall–Kier alpha value is -4.83. The van der Waals surface area contributed by atoms with E-state index in [-0.39, 0.29) is 35.9 Å². The number of halogens is 1. The number of rotatable bonds is 8. The van der Waals surface area contributed by atoms with E-state index in [4.69, 9.17) is 9.47 Å². The molecule has 1 aliphatic heterocycles. The van der Waals surface area contributed by atoms with Gasteiger partial charge in [-0.15, -0.1) is 0 Å². The van der Waals surface area contributed by atoms with Crippen molar-refractivity contribution in [3.63, 3.8) is 0 Å². The molecule has 2 atom stereocenters. The molecule has 1 saturated heterocycles. The number of carbonyl (C=O) groups excluding carboxylic acids is 2. The number of ether oxygens (including phenoxy) is 2. The summed E-state index contributed by atoms with van der Waals surface area (Å²) in [5, 5.41) is 16.4. The lowest BCUT2D eigenvalue weighted by atomic mass is 9.55. The SMILES string of the molecule is CCOc1cc(/C=N\N2C(=O)[C@@H]3C4c5ccccc5C(c5ccccc54)[C@@H]3C2=O)cc(Br)c1OCc1ccc([N+](=O)[O-])cc1. The van der Waals surface area contributed by atoms with E-state index < -0.39 is 16.8 Å². The van der Waals surface area contributed by atoms with Crippen molar-refractivity contribution in [2.45, 2.75) is 25.4 Å². The van der Waals surface area contributed by atoms with E-state index in [0.29, 0.717) is 28.1 Å². The summed E-state index contributed by atoms with van der Waals surface area (Å²) in [7, 11) is 0. The number of nitro benzene ring substituents is 1. The molecule has 0 unspecified atom stereocenters. The normalized spacial score (nSPS) is 21.3. The lowest BCUT2D eigenvalue weighted by Crippen LogP contribution is -2.41. The fraction of sp³-hybridized carbons (Fsp3) is 0.206. The van der Waals surface area contributed by atoms with Crippen LogP contribution in [0.15, 0.2) is 94.5 Å². The number of nitrogens with zero attached hydrogens (tertiary/aromatic N) is 3. The first-order valence-corrected chi connectivity index (χ1v) is 15.1. The highest BCUT2D eigenvalue weighted by Gasteiger charge is 2.61. The molecule has 8 rings (SSSR count). The number of nitro groups is 1. The number of non-ortho nitro benzene ring substituents is 1. The van der Waals surface area contributed by atoms with Gasteiger partial charge in [-0.25, -0.2) is 0 Å². The van der Waals surface area contributed by atoms with Gasteiger partial charge in [0.05, 0.1) is 34.1 Å². The van der Waals surface area contributed by atoms with E-state index in [2.05, 4.69) is 45.3 Å². The predicted molar refractivity (Wildman–Crippen MR) is 166 cm³/mol. The Balaban J connectivity index is 1.15. The molecule has 44 heavy (non-hydrogen) atoms. The monoisotopic (exact) mass is 651 g/mol. The average Bonchev–Trinajstić information content (AvgIpc) is 3.29. The third-order valence-corrected chi connectivity index (χ3v) is 9.20. The van der Waals surface area contributed by atoms with Crippen LogP contribution in [0.25, 0.3) is 0 Å². The van der Waals surface area contributed by atoms with Crippen molar-refractivity contribution in [2.75, 3.05) is 6.61 Å². The van der Waals surface area contributed by atoms with Crippen molar-refractivity contribution >= 4 is 39.6 Å². The van der Waals surface area contributed by atoms with Gasteiger partial charge in [0, 0.05) is 24.0 Å². The summed E-state index contributed by atoms with van der Waals surface area (Å²) in [6.07, 6.45) is 1.49. The number of carbonyl (C=O) groups is 2. The standard InChI is InChI=1S/C34H26BrN3O6/c1-2-43-27-16-20(15-26(35)32(27)44-18-19-11-13-21(14-12-19)38(41)42)17-36-37-33(39)30-28-22-7-3-4-8-23(22)29(31(30)34(37)40)25-10-6-5-9-24(25)28/h3-17,28-31H,2,18H2,1H3/b36-17-/t28?,29?,30-,31+. The van der Waals surface area contributed by atoms with Crippen LogP contribution in [0.3, 0.4) is 0 Å². The molecule has 4 aromatic rings. The van der Waals surface area contributed by atoms with Gasteiger partial charge >= 0.3 is 0 Å². The Morgan fingerprint density at radius 1 is 0.864 bits per heavy atom. The van der Waals surface area contributed by atoms with Crippen LogP contribution >= 0.6 is 15.9 Å². The van der Waals surface area contributed by atoms with Crippen molar-refractivity contribution in [1.29, 1.82) is 0 Å². The van der Waals surface area contributed by atoms with Crippen LogP contribution < -0.4 is 9.47 Å². The highest BCUT2D eigenvalue weighted by atomic mass is 79.9. The van der Waals surface area contributed by atoms with Gasteiger partial charge in [-0.1, -0.05) is 48.5 Å². The molecule has 9 nitrogen and oxygen atoms in total. The van der Waals surface area contributed by atoms with Gasteiger partial charge in [0.1, 0.15) is 6.61 Å². The molecule has 0 saturated carbocycles. The first kappa shape index (κ1) is 28.0. The van der Waals surface area contributed by atoms with Crippen LogP contribution in [0.1, 0.15) is 52.1 Å². The van der Waals surface area contributed by atoms with E-state index in [9.17, 15) is 19.7 Å². The van der Waals surface area contributed by atoms with E-state index >= 15 is 0 Å². The second-order valence-electron chi connectivity index (χ2n) is 11.0. The van der Waals surface area contributed by atoms with Crippen LogP contribution in [-0.4, -0.2) is 34.6 Å². The fourth-order valence-electron chi connectivity index (χ4n) is 6.83. The van der Waals surface area contributed by atoms with Gasteiger partial charge in [0.2, 0.25) is 0 Å². The molecule has 220 valence electrons. The second-order valence-corrected chi connectivity index (χ2v) is 11.8. The van der Waals surface area contributed by atoms with Crippen molar-refractivity contribution < 1.29 is 24.0 Å². The van der Waals surface area contributed by atoms with Gasteiger partial charge in [-0.3, -0.25) is 19.7 Å². The highest BCUT2D eigenvalue weighted by Crippen LogP contribution is 2.61. The number of hydrazone groups is 1. The summed E-state index contributed by atoms with van der Waals surface area (Å²) in [4.78, 5) is 38.2. The number of hydrogen-bond donors (Lipinski definition) is 0. The maximum Gasteiger partial charge on any atom is 0.269 e. The largest absolute Gasteiger partial charge is 0.490 e. The Morgan fingerprint density at radius 2 is 1.41 bits per heavy atom. The summed E-state index contributed by atoms with van der Waals surface area (Å²) < 4.78 is 12.5. The molecule has 2 amide bonds. The molecule has 3 aliphatic carbocycles. The van der Waals surface area contributed by atoms with Gasteiger partial charge in [0.25, 0.3) is 17.5 Å². The van der Waals surface area contributed by atoms with Crippen molar-refractivity contribution in [3.05, 3.63) is 133 Å². The zero-order valence-electron chi connectivity index (χ0n) is 23.6. The number of benzene rings is 4. The third kappa shape index (κ3) is 4.48. The van der Waals surface area contributed by atoms with E-state index in [1.807, 2.05) is 31.2 Å². The zero-order chi connectivity index (χ0) is 30.5. The summed E-state index contributed by atoms with van der Waals surface area (Å²) in [6.45, 7) is 2.39. The van der Waals surface area contributed by atoms with E-state index in [1.54, 1.807) is 24.3 Å². The van der Waals surface area contributed by atoms with Gasteiger partial charge < -0.3 is 9.47 Å². The molecule has 1 fully saturated rings. The van der Waals surface area contributed by atoms with Crippen LogP contribution in [0.2, 0.25) is 0 Å². The Labute approximate surface area is 261 Å². The molecule has 1 heterocycles. The molecule has 4 aromatic carbocycles.